The molecule has 1 amide bonds. The monoisotopic (exact) mass is 464 g/mol. The van der Waals surface area contributed by atoms with E-state index < -0.39 is 6.10 Å². The van der Waals surface area contributed by atoms with E-state index in [-0.39, 0.29) is 18.4 Å². The van der Waals surface area contributed by atoms with Gasteiger partial charge in [0.1, 0.15) is 17.8 Å². The highest BCUT2D eigenvalue weighted by Crippen LogP contribution is 2.31. The van der Waals surface area contributed by atoms with Gasteiger partial charge in [-0.15, -0.1) is 0 Å². The molecule has 1 aliphatic heterocycles. The fourth-order valence-electron chi connectivity index (χ4n) is 5.28. The fourth-order valence-corrected chi connectivity index (χ4v) is 5.28. The minimum atomic E-state index is -0.642. The van der Waals surface area contributed by atoms with Crippen LogP contribution in [0.15, 0.2) is 36.7 Å². The van der Waals surface area contributed by atoms with Crippen molar-refractivity contribution in [2.75, 3.05) is 19.6 Å². The predicted octanol–water partition coefficient (Wildman–Crippen LogP) is 2.95. The van der Waals surface area contributed by atoms with Crippen molar-refractivity contribution in [2.45, 2.75) is 64.5 Å². The predicted molar refractivity (Wildman–Crippen MR) is 130 cm³/mol. The van der Waals surface area contributed by atoms with Gasteiger partial charge in [-0.25, -0.2) is 9.97 Å². The molecule has 7 nitrogen and oxygen atoms in total. The van der Waals surface area contributed by atoms with E-state index >= 15 is 0 Å². The second kappa shape index (κ2) is 11.7. The summed E-state index contributed by atoms with van der Waals surface area (Å²) in [6.45, 7) is 4.38. The molecule has 1 aromatic carbocycles. The molecule has 4 rings (SSSR count). The number of fused-ring (bicyclic) bond motifs is 1. The lowest BCUT2D eigenvalue weighted by atomic mass is 9.78. The number of hydrogen-bond donors (Lipinski definition) is 2. The fraction of sp³-hybridized carbons (Fsp3) is 0.556. The molecule has 2 aromatic rings. The second-order valence-electron chi connectivity index (χ2n) is 9.75. The molecule has 0 radical (unpaired) electrons. The summed E-state index contributed by atoms with van der Waals surface area (Å²) in [7, 11) is 0. The third-order valence-corrected chi connectivity index (χ3v) is 7.28. The van der Waals surface area contributed by atoms with Gasteiger partial charge >= 0.3 is 0 Å². The maximum absolute atomic E-state index is 12.6. The number of benzene rings is 1. The van der Waals surface area contributed by atoms with Gasteiger partial charge in [0.05, 0.1) is 6.10 Å². The van der Waals surface area contributed by atoms with Gasteiger partial charge in [-0.2, -0.15) is 0 Å². The number of rotatable bonds is 9. The number of carbonyl (C=O) groups is 2. The Bertz CT molecular complexity index is 987. The number of aromatic nitrogens is 2. The van der Waals surface area contributed by atoms with E-state index in [2.05, 4.69) is 38.4 Å². The first-order valence-electron chi connectivity index (χ1n) is 12.6. The molecule has 7 heteroatoms. The molecule has 1 aromatic heterocycles. The summed E-state index contributed by atoms with van der Waals surface area (Å²) in [6.07, 6.45) is 7.16. The first-order valence-corrected chi connectivity index (χ1v) is 12.6. The normalized spacial score (nSPS) is 21.5. The number of aliphatic hydroxyl groups is 1. The van der Waals surface area contributed by atoms with Gasteiger partial charge in [0.2, 0.25) is 0 Å². The molecule has 34 heavy (non-hydrogen) atoms. The van der Waals surface area contributed by atoms with Gasteiger partial charge in [0, 0.05) is 44.2 Å². The van der Waals surface area contributed by atoms with Gasteiger partial charge in [0.15, 0.2) is 0 Å². The number of hydrogen-bond acceptors (Lipinski definition) is 6. The van der Waals surface area contributed by atoms with Crippen molar-refractivity contribution < 1.29 is 14.7 Å². The topological polar surface area (TPSA) is 95.4 Å². The number of Topliss-reactive ketones (excluding diaryl/α,β-unsaturated/α-hetero) is 1. The smallest absolute Gasteiger partial charge is 0.270 e. The summed E-state index contributed by atoms with van der Waals surface area (Å²) in [5.74, 6) is 0.804. The van der Waals surface area contributed by atoms with Gasteiger partial charge in [-0.05, 0) is 61.6 Å². The van der Waals surface area contributed by atoms with E-state index in [1.807, 2.05) is 13.0 Å². The SMILES string of the molecule is CCC(=O)C1CCC(Cc2cc(C(=O)NC[C@H](O)CN3CCc4ccccc4C3)ncn2)CC1. The number of ketones is 1. The molecule has 1 fully saturated rings. The lowest BCUT2D eigenvalue weighted by Crippen LogP contribution is -2.42. The molecule has 1 atom stereocenters. The van der Waals surface area contributed by atoms with Crippen LogP contribution < -0.4 is 5.32 Å². The van der Waals surface area contributed by atoms with Crippen LogP contribution in [0.25, 0.3) is 0 Å². The number of amides is 1. The Morgan fingerprint density at radius 3 is 2.68 bits per heavy atom. The highest BCUT2D eigenvalue weighted by Gasteiger charge is 2.26. The van der Waals surface area contributed by atoms with Crippen LogP contribution in [0.2, 0.25) is 0 Å². The second-order valence-corrected chi connectivity index (χ2v) is 9.75. The average Bonchev–Trinajstić information content (AvgIpc) is 2.87. The average molecular weight is 465 g/mol. The molecule has 1 aliphatic carbocycles. The van der Waals surface area contributed by atoms with Crippen molar-refractivity contribution in [2.24, 2.45) is 11.8 Å². The first kappa shape index (κ1) is 24.5. The summed E-state index contributed by atoms with van der Waals surface area (Å²) in [5, 5.41) is 13.3. The van der Waals surface area contributed by atoms with Crippen LogP contribution in [0.4, 0.5) is 0 Å². The zero-order chi connectivity index (χ0) is 23.9. The van der Waals surface area contributed by atoms with Gasteiger partial charge in [-0.3, -0.25) is 14.5 Å². The number of nitrogens with one attached hydrogen (secondary N) is 1. The minimum absolute atomic E-state index is 0.186. The Labute approximate surface area is 202 Å². The first-order chi connectivity index (χ1) is 16.5. The van der Waals surface area contributed by atoms with E-state index in [1.54, 1.807) is 6.07 Å². The molecule has 2 aliphatic rings. The van der Waals surface area contributed by atoms with Crippen molar-refractivity contribution in [1.82, 2.24) is 20.2 Å². The molecule has 2 N–H and O–H groups in total. The highest BCUT2D eigenvalue weighted by molar-refractivity contribution is 5.92. The largest absolute Gasteiger partial charge is 0.390 e. The molecule has 1 saturated carbocycles. The Kier molecular flexibility index (Phi) is 8.40. The van der Waals surface area contributed by atoms with Gasteiger partial charge in [0.25, 0.3) is 5.91 Å². The Balaban J connectivity index is 1.22. The molecular formula is C27H36N4O3. The van der Waals surface area contributed by atoms with Crippen molar-refractivity contribution in [3.8, 4) is 0 Å². The Morgan fingerprint density at radius 1 is 1.15 bits per heavy atom. The van der Waals surface area contributed by atoms with Crippen LogP contribution in [-0.4, -0.2) is 57.4 Å². The van der Waals surface area contributed by atoms with Gasteiger partial charge < -0.3 is 10.4 Å². The molecule has 182 valence electrons. The number of nitrogens with zero attached hydrogens (tertiary/aromatic N) is 3. The van der Waals surface area contributed by atoms with Crippen LogP contribution in [-0.2, 0) is 24.2 Å². The van der Waals surface area contributed by atoms with E-state index in [1.165, 1.54) is 17.5 Å². The standard InChI is InChI=1S/C27H36N4O3/c1-2-26(33)21-9-7-19(8-10-21)13-23-14-25(30-18-29-23)27(34)28-15-24(32)17-31-12-11-20-5-3-4-6-22(20)16-31/h3-6,14,18-19,21,24,32H,2,7-13,15-17H2,1H3,(H,28,34)/t19?,21?,24-/m0/s1. The molecule has 0 spiro atoms. The third-order valence-electron chi connectivity index (χ3n) is 7.28. The maximum atomic E-state index is 12.6. The van der Waals surface area contributed by atoms with Crippen molar-refractivity contribution >= 4 is 11.7 Å². The zero-order valence-electron chi connectivity index (χ0n) is 20.1. The summed E-state index contributed by atoms with van der Waals surface area (Å²) < 4.78 is 0. The summed E-state index contributed by atoms with van der Waals surface area (Å²) in [6, 6.07) is 10.2. The van der Waals surface area contributed by atoms with Crippen molar-refractivity contribution in [3.05, 3.63) is 59.2 Å². The van der Waals surface area contributed by atoms with Crippen LogP contribution >= 0.6 is 0 Å². The number of β-amino-alcohol motifs (C(OH)–C–C–N with tert-alkyl or cyclic N) is 1. The number of carbonyl (C=O) groups excluding carboxylic acids is 2. The van der Waals surface area contributed by atoms with Crippen molar-refractivity contribution in [1.29, 1.82) is 0 Å². The van der Waals surface area contributed by atoms with Crippen LogP contribution in [0.5, 0.6) is 0 Å². The molecule has 0 unspecified atom stereocenters. The van der Waals surface area contributed by atoms with Crippen molar-refractivity contribution in [3.63, 3.8) is 0 Å². The lowest BCUT2D eigenvalue weighted by Gasteiger charge is -2.30. The molecule has 2 heterocycles. The number of aliphatic hydroxyl groups excluding tert-OH is 1. The Hall–Kier alpha value is -2.64. The third kappa shape index (κ3) is 6.48. The highest BCUT2D eigenvalue weighted by atomic mass is 16.3. The minimum Gasteiger partial charge on any atom is -0.390 e. The van der Waals surface area contributed by atoms with E-state index in [0.717, 1.165) is 57.3 Å². The van der Waals surface area contributed by atoms with E-state index in [4.69, 9.17) is 0 Å². The van der Waals surface area contributed by atoms with Gasteiger partial charge in [-0.1, -0.05) is 31.2 Å². The van der Waals surface area contributed by atoms with Crippen LogP contribution in [0.1, 0.15) is 66.3 Å². The van der Waals surface area contributed by atoms with Crippen LogP contribution in [0.3, 0.4) is 0 Å². The van der Waals surface area contributed by atoms with Crippen LogP contribution in [0, 0.1) is 11.8 Å². The van der Waals surface area contributed by atoms with E-state index in [9.17, 15) is 14.7 Å². The van der Waals surface area contributed by atoms with E-state index in [0.29, 0.717) is 30.4 Å². The maximum Gasteiger partial charge on any atom is 0.270 e. The summed E-state index contributed by atoms with van der Waals surface area (Å²) >= 11 is 0. The summed E-state index contributed by atoms with van der Waals surface area (Å²) in [5.41, 5.74) is 3.88. The zero-order valence-corrected chi connectivity index (χ0v) is 20.1. The lowest BCUT2D eigenvalue weighted by molar-refractivity contribution is -0.123. The molecular weight excluding hydrogens is 428 g/mol. The molecule has 0 bridgehead atoms. The quantitative estimate of drug-likeness (QED) is 0.592. The molecule has 0 saturated heterocycles. The summed E-state index contributed by atoms with van der Waals surface area (Å²) in [4.78, 5) is 35.3. The Morgan fingerprint density at radius 2 is 1.91 bits per heavy atom.